The van der Waals surface area contributed by atoms with Gasteiger partial charge in [0, 0.05) is 0 Å². The molecule has 0 spiro atoms. The van der Waals surface area contributed by atoms with Gasteiger partial charge in [-0.1, -0.05) is 76.5 Å². The van der Waals surface area contributed by atoms with E-state index in [0.717, 1.165) is 12.2 Å². The average molecular weight is 262 g/mol. The predicted octanol–water partition coefficient (Wildman–Crippen LogP) is 5.77. The lowest BCUT2D eigenvalue weighted by atomic mass is 10.0. The highest BCUT2D eigenvalue weighted by Gasteiger charge is 2.00. The lowest BCUT2D eigenvalue weighted by Gasteiger charge is -2.07. The molecular weight excluding hydrogens is 232 g/mol. The highest BCUT2D eigenvalue weighted by atomic mass is 16.5. The van der Waals surface area contributed by atoms with Crippen LogP contribution in [0.5, 0.6) is 5.75 Å². The predicted molar refractivity (Wildman–Crippen MR) is 83.9 cm³/mol. The molecule has 0 N–H and O–H groups in total. The summed E-state index contributed by atoms with van der Waals surface area (Å²) in [6, 6.07) is 8.39. The Morgan fingerprint density at radius 2 is 1.37 bits per heavy atom. The SMILES string of the molecule is CCCCCCCCCCCc1ccccc1OC. The second-order valence-corrected chi connectivity index (χ2v) is 5.39. The largest absolute Gasteiger partial charge is 0.496 e. The smallest absolute Gasteiger partial charge is 0.122 e. The van der Waals surface area contributed by atoms with Crippen LogP contribution in [0.2, 0.25) is 0 Å². The molecule has 0 aliphatic rings. The Morgan fingerprint density at radius 3 is 2.00 bits per heavy atom. The van der Waals surface area contributed by atoms with Crippen molar-refractivity contribution in [2.45, 2.75) is 71.1 Å². The summed E-state index contributed by atoms with van der Waals surface area (Å²) in [7, 11) is 1.76. The van der Waals surface area contributed by atoms with Crippen molar-refractivity contribution in [2.75, 3.05) is 7.11 Å². The number of benzene rings is 1. The van der Waals surface area contributed by atoms with Crippen molar-refractivity contribution in [3.05, 3.63) is 29.8 Å². The highest BCUT2D eigenvalue weighted by Crippen LogP contribution is 2.20. The van der Waals surface area contributed by atoms with Crippen LogP contribution in [0, 0.1) is 0 Å². The van der Waals surface area contributed by atoms with Gasteiger partial charge in [0.15, 0.2) is 0 Å². The second-order valence-electron chi connectivity index (χ2n) is 5.39. The van der Waals surface area contributed by atoms with Crippen LogP contribution in [-0.4, -0.2) is 7.11 Å². The van der Waals surface area contributed by atoms with Crippen LogP contribution in [0.4, 0.5) is 0 Å². The quantitative estimate of drug-likeness (QED) is 0.460. The molecule has 1 rings (SSSR count). The summed E-state index contributed by atoms with van der Waals surface area (Å²) in [5.74, 6) is 1.04. The van der Waals surface area contributed by atoms with E-state index in [2.05, 4.69) is 25.1 Å². The minimum atomic E-state index is 1.04. The molecule has 0 aromatic heterocycles. The van der Waals surface area contributed by atoms with Crippen LogP contribution < -0.4 is 4.74 Å². The zero-order valence-corrected chi connectivity index (χ0v) is 12.8. The molecule has 0 saturated heterocycles. The van der Waals surface area contributed by atoms with E-state index < -0.39 is 0 Å². The summed E-state index contributed by atoms with van der Waals surface area (Å²) in [6.45, 7) is 2.28. The van der Waals surface area contributed by atoms with E-state index in [4.69, 9.17) is 4.74 Å². The molecule has 0 aliphatic heterocycles. The van der Waals surface area contributed by atoms with Gasteiger partial charge in [0.2, 0.25) is 0 Å². The Labute approximate surface area is 119 Å². The van der Waals surface area contributed by atoms with Gasteiger partial charge in [0.25, 0.3) is 0 Å². The van der Waals surface area contributed by atoms with Crippen LogP contribution in [0.25, 0.3) is 0 Å². The molecule has 19 heavy (non-hydrogen) atoms. The Hall–Kier alpha value is -0.980. The van der Waals surface area contributed by atoms with Crippen LogP contribution in [-0.2, 0) is 6.42 Å². The van der Waals surface area contributed by atoms with E-state index in [0.29, 0.717) is 0 Å². The van der Waals surface area contributed by atoms with Gasteiger partial charge in [0.1, 0.15) is 5.75 Å². The maximum Gasteiger partial charge on any atom is 0.122 e. The Bertz CT molecular complexity index is 319. The summed E-state index contributed by atoms with van der Waals surface area (Å²) in [5, 5.41) is 0. The molecule has 0 amide bonds. The first-order chi connectivity index (χ1) is 9.38. The summed E-state index contributed by atoms with van der Waals surface area (Å²) in [6.07, 6.45) is 13.6. The monoisotopic (exact) mass is 262 g/mol. The maximum absolute atomic E-state index is 5.38. The van der Waals surface area contributed by atoms with Gasteiger partial charge in [-0.2, -0.15) is 0 Å². The molecule has 1 aromatic rings. The van der Waals surface area contributed by atoms with Crippen LogP contribution in [0.15, 0.2) is 24.3 Å². The molecule has 0 atom stereocenters. The number of hydrogen-bond donors (Lipinski definition) is 0. The molecule has 0 bridgehead atoms. The standard InChI is InChI=1S/C18H30O/c1-3-4-5-6-7-8-9-10-11-14-17-15-12-13-16-18(17)19-2/h12-13,15-16H,3-11,14H2,1-2H3. The molecule has 0 radical (unpaired) electrons. The van der Waals surface area contributed by atoms with Crippen molar-refractivity contribution >= 4 is 0 Å². The Morgan fingerprint density at radius 1 is 0.789 bits per heavy atom. The third-order valence-electron chi connectivity index (χ3n) is 3.74. The van der Waals surface area contributed by atoms with Crippen molar-refractivity contribution < 1.29 is 4.74 Å². The van der Waals surface area contributed by atoms with E-state index in [1.807, 2.05) is 6.07 Å². The third kappa shape index (κ3) is 7.25. The fraction of sp³-hybridized carbons (Fsp3) is 0.667. The number of unbranched alkanes of at least 4 members (excludes halogenated alkanes) is 8. The van der Waals surface area contributed by atoms with Crippen LogP contribution in [0.1, 0.15) is 70.3 Å². The molecule has 0 aliphatic carbocycles. The zero-order chi connectivity index (χ0) is 13.8. The molecule has 0 saturated carbocycles. The summed E-state index contributed by atoms with van der Waals surface area (Å²) in [4.78, 5) is 0. The summed E-state index contributed by atoms with van der Waals surface area (Å²) < 4.78 is 5.38. The van der Waals surface area contributed by atoms with Crippen molar-refractivity contribution in [2.24, 2.45) is 0 Å². The Kier molecular flexibility index (Phi) is 9.22. The van der Waals surface area contributed by atoms with Gasteiger partial charge in [0.05, 0.1) is 7.11 Å². The first-order valence-electron chi connectivity index (χ1n) is 8.00. The molecule has 1 aromatic carbocycles. The summed E-state index contributed by atoms with van der Waals surface area (Å²) in [5.41, 5.74) is 1.35. The maximum atomic E-state index is 5.38. The minimum Gasteiger partial charge on any atom is -0.496 e. The van der Waals surface area contributed by atoms with Gasteiger partial charge >= 0.3 is 0 Å². The van der Waals surface area contributed by atoms with E-state index in [-0.39, 0.29) is 0 Å². The van der Waals surface area contributed by atoms with Gasteiger partial charge in [-0.25, -0.2) is 0 Å². The third-order valence-corrected chi connectivity index (χ3v) is 3.74. The zero-order valence-electron chi connectivity index (χ0n) is 12.8. The van der Waals surface area contributed by atoms with E-state index >= 15 is 0 Å². The van der Waals surface area contributed by atoms with E-state index in [1.165, 1.54) is 63.4 Å². The number of ether oxygens (including phenoxy) is 1. The lowest BCUT2D eigenvalue weighted by Crippen LogP contribution is -1.92. The topological polar surface area (TPSA) is 9.23 Å². The van der Waals surface area contributed by atoms with Gasteiger partial charge in [-0.3, -0.25) is 0 Å². The molecule has 108 valence electrons. The second kappa shape index (κ2) is 10.9. The first-order valence-corrected chi connectivity index (χ1v) is 8.00. The van der Waals surface area contributed by atoms with Gasteiger partial charge in [-0.05, 0) is 24.5 Å². The van der Waals surface area contributed by atoms with Crippen molar-refractivity contribution in [3.8, 4) is 5.75 Å². The van der Waals surface area contributed by atoms with Gasteiger partial charge in [-0.15, -0.1) is 0 Å². The van der Waals surface area contributed by atoms with E-state index in [9.17, 15) is 0 Å². The lowest BCUT2D eigenvalue weighted by molar-refractivity contribution is 0.408. The van der Waals surface area contributed by atoms with Crippen molar-refractivity contribution in [3.63, 3.8) is 0 Å². The highest BCUT2D eigenvalue weighted by molar-refractivity contribution is 5.33. The number of methoxy groups -OCH3 is 1. The Balaban J connectivity index is 2.01. The van der Waals surface area contributed by atoms with E-state index in [1.54, 1.807) is 7.11 Å². The normalized spacial score (nSPS) is 10.6. The van der Waals surface area contributed by atoms with Crippen molar-refractivity contribution in [1.82, 2.24) is 0 Å². The summed E-state index contributed by atoms with van der Waals surface area (Å²) >= 11 is 0. The van der Waals surface area contributed by atoms with Crippen LogP contribution >= 0.6 is 0 Å². The number of para-hydroxylation sites is 1. The number of aryl methyl sites for hydroxylation is 1. The van der Waals surface area contributed by atoms with Crippen molar-refractivity contribution in [1.29, 1.82) is 0 Å². The van der Waals surface area contributed by atoms with Crippen LogP contribution in [0.3, 0.4) is 0 Å². The number of hydrogen-bond acceptors (Lipinski definition) is 1. The molecular formula is C18H30O. The molecule has 0 unspecified atom stereocenters. The molecule has 0 fully saturated rings. The van der Waals surface area contributed by atoms with Gasteiger partial charge < -0.3 is 4.74 Å². The molecule has 1 nitrogen and oxygen atoms in total. The number of rotatable bonds is 11. The molecule has 1 heteroatoms. The first kappa shape index (κ1) is 16.1. The fourth-order valence-electron chi connectivity index (χ4n) is 2.54. The minimum absolute atomic E-state index is 1.04. The average Bonchev–Trinajstić information content (AvgIpc) is 2.46. The fourth-order valence-corrected chi connectivity index (χ4v) is 2.54. The molecule has 0 heterocycles.